The van der Waals surface area contributed by atoms with Gasteiger partial charge in [-0.1, -0.05) is 29.8 Å². The van der Waals surface area contributed by atoms with Gasteiger partial charge in [0.1, 0.15) is 12.6 Å². The van der Waals surface area contributed by atoms with Gasteiger partial charge in [-0.25, -0.2) is 0 Å². The van der Waals surface area contributed by atoms with Gasteiger partial charge in [0.15, 0.2) is 0 Å². The molecule has 0 heterocycles. The summed E-state index contributed by atoms with van der Waals surface area (Å²) in [4.78, 5) is 25.7. The van der Waals surface area contributed by atoms with E-state index in [-0.39, 0.29) is 24.5 Å². The van der Waals surface area contributed by atoms with Crippen LogP contribution >= 0.6 is 0 Å². The molecule has 0 aliphatic heterocycles. The molecule has 0 saturated heterocycles. The molecule has 1 unspecified atom stereocenters. The summed E-state index contributed by atoms with van der Waals surface area (Å²) >= 11 is 0. The Morgan fingerprint density at radius 1 is 1.33 bits per heavy atom. The lowest BCUT2D eigenvalue weighted by Crippen LogP contribution is -2.43. The highest BCUT2D eigenvalue weighted by Crippen LogP contribution is 2.29. The number of benzene rings is 1. The molecule has 2 rings (SSSR count). The maximum Gasteiger partial charge on any atom is 0.325 e. The summed E-state index contributed by atoms with van der Waals surface area (Å²) in [7, 11) is 0. The Labute approximate surface area is 125 Å². The smallest absolute Gasteiger partial charge is 0.325 e. The first-order chi connectivity index (χ1) is 10.0. The van der Waals surface area contributed by atoms with Gasteiger partial charge in [-0.3, -0.25) is 9.59 Å². The highest BCUT2D eigenvalue weighted by Gasteiger charge is 2.36. The first kappa shape index (κ1) is 15.5. The van der Waals surface area contributed by atoms with E-state index in [0.29, 0.717) is 6.61 Å². The van der Waals surface area contributed by atoms with Gasteiger partial charge < -0.3 is 15.4 Å². The van der Waals surface area contributed by atoms with Crippen LogP contribution in [-0.2, 0) is 14.3 Å². The second-order valence-electron chi connectivity index (χ2n) is 5.39. The fourth-order valence-electron chi connectivity index (χ4n) is 2.21. The minimum absolute atomic E-state index is 0.0170. The molecule has 0 spiro atoms. The first-order valence-electron chi connectivity index (χ1n) is 7.31. The summed E-state index contributed by atoms with van der Waals surface area (Å²) < 4.78 is 4.93. The van der Waals surface area contributed by atoms with Crippen molar-refractivity contribution >= 4 is 11.9 Å². The molecule has 0 bridgehead atoms. The third-order valence-corrected chi connectivity index (χ3v) is 3.58. The normalized spacial score (nSPS) is 15.4. The number of esters is 1. The Balaban J connectivity index is 2.07. The van der Waals surface area contributed by atoms with E-state index in [2.05, 4.69) is 0 Å². The average molecular weight is 290 g/mol. The zero-order valence-corrected chi connectivity index (χ0v) is 12.5. The van der Waals surface area contributed by atoms with Crippen LogP contribution in [0.25, 0.3) is 0 Å². The molecule has 1 atom stereocenters. The van der Waals surface area contributed by atoms with E-state index in [4.69, 9.17) is 10.5 Å². The van der Waals surface area contributed by atoms with Crippen molar-refractivity contribution in [3.8, 4) is 0 Å². The number of carbonyl (C=O) groups excluding carboxylic acids is 2. The van der Waals surface area contributed by atoms with Crippen molar-refractivity contribution in [1.29, 1.82) is 0 Å². The van der Waals surface area contributed by atoms with Crippen molar-refractivity contribution in [2.24, 2.45) is 5.73 Å². The van der Waals surface area contributed by atoms with E-state index in [9.17, 15) is 9.59 Å². The van der Waals surface area contributed by atoms with Crippen LogP contribution in [0.5, 0.6) is 0 Å². The molecule has 114 valence electrons. The monoisotopic (exact) mass is 290 g/mol. The van der Waals surface area contributed by atoms with Crippen molar-refractivity contribution in [1.82, 2.24) is 4.90 Å². The molecule has 1 saturated carbocycles. The minimum Gasteiger partial charge on any atom is -0.465 e. The molecule has 5 heteroatoms. The molecule has 1 fully saturated rings. The Morgan fingerprint density at radius 3 is 2.48 bits per heavy atom. The molecule has 1 amide bonds. The number of aryl methyl sites for hydroxylation is 1. The highest BCUT2D eigenvalue weighted by atomic mass is 16.5. The van der Waals surface area contributed by atoms with Crippen LogP contribution in [0.3, 0.4) is 0 Å². The van der Waals surface area contributed by atoms with E-state index in [1.165, 1.54) is 0 Å². The predicted octanol–water partition coefficient (Wildman–Crippen LogP) is 1.55. The Morgan fingerprint density at radius 2 is 1.95 bits per heavy atom. The largest absolute Gasteiger partial charge is 0.465 e. The van der Waals surface area contributed by atoms with Gasteiger partial charge in [0.05, 0.1) is 6.61 Å². The van der Waals surface area contributed by atoms with Gasteiger partial charge in [-0.2, -0.15) is 0 Å². The number of rotatable bonds is 6. The van der Waals surface area contributed by atoms with Gasteiger partial charge in [0.2, 0.25) is 5.91 Å². The fourth-order valence-corrected chi connectivity index (χ4v) is 2.21. The molecule has 1 aromatic rings. The topological polar surface area (TPSA) is 72.6 Å². The number of amides is 1. The molecular weight excluding hydrogens is 268 g/mol. The van der Waals surface area contributed by atoms with Crippen molar-refractivity contribution in [2.45, 2.75) is 38.8 Å². The van der Waals surface area contributed by atoms with Crippen molar-refractivity contribution < 1.29 is 14.3 Å². The lowest BCUT2D eigenvalue weighted by molar-refractivity contribution is -0.149. The maximum absolute atomic E-state index is 12.5. The van der Waals surface area contributed by atoms with Crippen LogP contribution in [-0.4, -0.2) is 36.0 Å². The molecule has 0 aromatic heterocycles. The van der Waals surface area contributed by atoms with E-state index >= 15 is 0 Å². The van der Waals surface area contributed by atoms with E-state index in [1.807, 2.05) is 31.2 Å². The quantitative estimate of drug-likeness (QED) is 0.807. The number of hydrogen-bond donors (Lipinski definition) is 1. The SMILES string of the molecule is CCOC(=O)CN(C(=O)C(N)c1ccc(C)cc1)C1CC1. The van der Waals surface area contributed by atoms with Crippen LogP contribution in [0.4, 0.5) is 0 Å². The zero-order chi connectivity index (χ0) is 15.4. The van der Waals surface area contributed by atoms with Gasteiger partial charge in [-0.05, 0) is 32.3 Å². The summed E-state index contributed by atoms with van der Waals surface area (Å²) in [5, 5.41) is 0. The molecular formula is C16H22N2O3. The summed E-state index contributed by atoms with van der Waals surface area (Å²) in [6.45, 7) is 4.03. The number of nitrogens with two attached hydrogens (primary N) is 1. The second-order valence-corrected chi connectivity index (χ2v) is 5.39. The Kier molecular flexibility index (Phi) is 4.96. The molecule has 1 aliphatic rings. The average Bonchev–Trinajstić information content (AvgIpc) is 3.29. The number of hydrogen-bond acceptors (Lipinski definition) is 4. The second kappa shape index (κ2) is 6.72. The molecule has 0 radical (unpaired) electrons. The van der Waals surface area contributed by atoms with Crippen molar-refractivity contribution in [3.63, 3.8) is 0 Å². The standard InChI is InChI=1S/C16H22N2O3/c1-3-21-14(19)10-18(13-8-9-13)16(20)15(17)12-6-4-11(2)5-7-12/h4-7,13,15H,3,8-10,17H2,1-2H3. The van der Waals surface area contributed by atoms with Gasteiger partial charge in [-0.15, -0.1) is 0 Å². The van der Waals surface area contributed by atoms with Crippen LogP contribution in [0.2, 0.25) is 0 Å². The van der Waals surface area contributed by atoms with E-state index < -0.39 is 6.04 Å². The third-order valence-electron chi connectivity index (χ3n) is 3.58. The Bertz CT molecular complexity index is 509. The van der Waals surface area contributed by atoms with Crippen molar-refractivity contribution in [3.05, 3.63) is 35.4 Å². The van der Waals surface area contributed by atoms with E-state index in [1.54, 1.807) is 11.8 Å². The molecule has 5 nitrogen and oxygen atoms in total. The van der Waals surface area contributed by atoms with E-state index in [0.717, 1.165) is 24.0 Å². The zero-order valence-electron chi connectivity index (χ0n) is 12.5. The fraction of sp³-hybridized carbons (Fsp3) is 0.500. The highest BCUT2D eigenvalue weighted by molar-refractivity contribution is 5.87. The molecule has 1 aromatic carbocycles. The Hall–Kier alpha value is -1.88. The molecule has 21 heavy (non-hydrogen) atoms. The first-order valence-corrected chi connectivity index (χ1v) is 7.31. The van der Waals surface area contributed by atoms with Crippen molar-refractivity contribution in [2.75, 3.05) is 13.2 Å². The summed E-state index contributed by atoms with van der Waals surface area (Å²) in [5.41, 5.74) is 7.94. The lowest BCUT2D eigenvalue weighted by Gasteiger charge is -2.25. The van der Waals surface area contributed by atoms with Gasteiger partial charge in [0, 0.05) is 6.04 Å². The summed E-state index contributed by atoms with van der Waals surface area (Å²) in [6.07, 6.45) is 1.84. The summed E-state index contributed by atoms with van der Waals surface area (Å²) in [5.74, 6) is -0.594. The van der Waals surface area contributed by atoms with Crippen LogP contribution in [0.1, 0.15) is 36.9 Å². The lowest BCUT2D eigenvalue weighted by atomic mass is 10.0. The number of ether oxygens (including phenoxy) is 1. The third kappa shape index (κ3) is 4.04. The molecule has 1 aliphatic carbocycles. The van der Waals surface area contributed by atoms with Crippen LogP contribution in [0.15, 0.2) is 24.3 Å². The maximum atomic E-state index is 12.5. The predicted molar refractivity (Wildman–Crippen MR) is 79.5 cm³/mol. The number of carbonyl (C=O) groups is 2. The summed E-state index contributed by atoms with van der Waals surface area (Å²) in [6, 6.07) is 6.95. The van der Waals surface area contributed by atoms with Gasteiger partial charge >= 0.3 is 5.97 Å². The van der Waals surface area contributed by atoms with Crippen LogP contribution in [0, 0.1) is 6.92 Å². The minimum atomic E-state index is -0.736. The molecule has 2 N–H and O–H groups in total. The number of nitrogens with zero attached hydrogens (tertiary/aromatic N) is 1. The van der Waals surface area contributed by atoms with Gasteiger partial charge in [0.25, 0.3) is 0 Å². The van der Waals surface area contributed by atoms with Crippen LogP contribution < -0.4 is 5.73 Å².